The van der Waals surface area contributed by atoms with Gasteiger partial charge >= 0.3 is 0 Å². The van der Waals surface area contributed by atoms with Gasteiger partial charge in [0.2, 0.25) is 5.91 Å². The minimum atomic E-state index is -0.386. The molecule has 6 nitrogen and oxygen atoms in total. The Bertz CT molecular complexity index is 1210. The Labute approximate surface area is 173 Å². The zero-order chi connectivity index (χ0) is 21.1. The molecule has 150 valence electrons. The Balaban J connectivity index is 1.78. The summed E-state index contributed by atoms with van der Waals surface area (Å²) in [7, 11) is 0. The second-order valence-corrected chi connectivity index (χ2v) is 7.15. The van der Waals surface area contributed by atoms with Crippen molar-refractivity contribution in [1.29, 1.82) is 0 Å². The molecule has 0 fully saturated rings. The van der Waals surface area contributed by atoms with Crippen LogP contribution in [0.2, 0.25) is 0 Å². The van der Waals surface area contributed by atoms with E-state index in [1.54, 1.807) is 12.1 Å². The molecule has 0 atom stereocenters. The van der Waals surface area contributed by atoms with E-state index >= 15 is 0 Å². The number of aliphatic hydroxyl groups is 1. The number of ketones is 1. The molecular formula is C24H21N3O3. The Hall–Kier alpha value is -3.77. The van der Waals surface area contributed by atoms with Crippen molar-refractivity contribution in [3.05, 3.63) is 72.3 Å². The third kappa shape index (κ3) is 4.14. The molecule has 0 radical (unpaired) electrons. The number of rotatable bonds is 6. The average Bonchev–Trinajstić information content (AvgIpc) is 2.72. The topological polar surface area (TPSA) is 91.3 Å². The fourth-order valence-electron chi connectivity index (χ4n) is 3.48. The van der Waals surface area contributed by atoms with Crippen LogP contribution in [-0.4, -0.2) is 21.8 Å². The van der Waals surface area contributed by atoms with Crippen LogP contribution in [0.5, 0.6) is 0 Å². The lowest BCUT2D eigenvalue weighted by Gasteiger charge is -2.15. The normalized spacial score (nSPS) is 10.9. The molecular weight excluding hydrogens is 378 g/mol. The molecule has 3 aromatic carbocycles. The molecule has 0 aliphatic carbocycles. The van der Waals surface area contributed by atoms with Crippen LogP contribution in [0.3, 0.4) is 0 Å². The van der Waals surface area contributed by atoms with E-state index in [-0.39, 0.29) is 24.7 Å². The van der Waals surface area contributed by atoms with Gasteiger partial charge in [-0.1, -0.05) is 36.4 Å². The average molecular weight is 399 g/mol. The van der Waals surface area contributed by atoms with E-state index in [0.29, 0.717) is 16.9 Å². The standard InChI is InChI=1S/C24H21N3O3/c1-15(29)10-23(30)25-17-11-16(14-28)12-18(13-17)26-24-19-6-2-4-8-21(19)27-22-9-5-3-7-20(22)24/h2-9,11-13,28H,10,14H2,1H3,(H,25,30)(H,26,27). The van der Waals surface area contributed by atoms with Gasteiger partial charge < -0.3 is 15.7 Å². The lowest BCUT2D eigenvalue weighted by atomic mass is 10.1. The van der Waals surface area contributed by atoms with Crippen molar-refractivity contribution in [3.63, 3.8) is 0 Å². The fraction of sp³-hybridized carbons (Fsp3) is 0.125. The van der Waals surface area contributed by atoms with E-state index in [1.807, 2.05) is 54.6 Å². The number of hydrogen-bond acceptors (Lipinski definition) is 5. The van der Waals surface area contributed by atoms with Crippen LogP contribution in [0, 0.1) is 0 Å². The van der Waals surface area contributed by atoms with Crippen molar-refractivity contribution >= 4 is 50.6 Å². The number of para-hydroxylation sites is 2. The largest absolute Gasteiger partial charge is 0.392 e. The van der Waals surface area contributed by atoms with Crippen LogP contribution in [0.4, 0.5) is 17.1 Å². The molecule has 30 heavy (non-hydrogen) atoms. The number of aromatic nitrogens is 1. The minimum absolute atomic E-state index is 0.178. The van der Waals surface area contributed by atoms with Crippen LogP contribution in [0.15, 0.2) is 66.7 Å². The number of pyridine rings is 1. The maximum atomic E-state index is 12.0. The molecule has 1 aromatic heterocycles. The van der Waals surface area contributed by atoms with Gasteiger partial charge in [0.15, 0.2) is 0 Å². The summed E-state index contributed by atoms with van der Waals surface area (Å²) in [5.41, 5.74) is 4.49. The van der Waals surface area contributed by atoms with Gasteiger partial charge in [0, 0.05) is 22.1 Å². The van der Waals surface area contributed by atoms with E-state index in [9.17, 15) is 14.7 Å². The Morgan fingerprint density at radius 1 is 0.900 bits per heavy atom. The first-order valence-corrected chi connectivity index (χ1v) is 9.62. The fourth-order valence-corrected chi connectivity index (χ4v) is 3.48. The van der Waals surface area contributed by atoms with Crippen molar-refractivity contribution in [2.75, 3.05) is 10.6 Å². The highest BCUT2D eigenvalue weighted by Gasteiger charge is 2.11. The number of fused-ring (bicyclic) bond motifs is 2. The van der Waals surface area contributed by atoms with Crippen LogP contribution in [0.1, 0.15) is 18.9 Å². The monoisotopic (exact) mass is 399 g/mol. The van der Waals surface area contributed by atoms with Gasteiger partial charge in [0.1, 0.15) is 5.78 Å². The number of amides is 1. The summed E-state index contributed by atoms with van der Waals surface area (Å²) in [6.45, 7) is 1.19. The predicted octanol–water partition coefficient (Wildman–Crippen LogP) is 4.54. The van der Waals surface area contributed by atoms with E-state index < -0.39 is 0 Å². The van der Waals surface area contributed by atoms with Gasteiger partial charge in [-0.15, -0.1) is 0 Å². The highest BCUT2D eigenvalue weighted by Crippen LogP contribution is 2.34. The zero-order valence-electron chi connectivity index (χ0n) is 16.5. The van der Waals surface area contributed by atoms with Crippen molar-refractivity contribution in [2.45, 2.75) is 20.0 Å². The number of nitrogens with one attached hydrogen (secondary N) is 2. The third-order valence-corrected chi connectivity index (χ3v) is 4.73. The summed E-state index contributed by atoms with van der Waals surface area (Å²) in [6, 6.07) is 21.0. The molecule has 0 aliphatic rings. The SMILES string of the molecule is CC(=O)CC(=O)Nc1cc(CO)cc(Nc2c3ccccc3nc3ccccc23)c1. The first kappa shape index (κ1) is 19.5. The second-order valence-electron chi connectivity index (χ2n) is 7.15. The molecule has 4 aromatic rings. The maximum absolute atomic E-state index is 12.0. The highest BCUT2D eigenvalue weighted by atomic mass is 16.3. The molecule has 0 unspecified atom stereocenters. The molecule has 0 saturated heterocycles. The number of aliphatic hydroxyl groups excluding tert-OH is 1. The molecule has 4 rings (SSSR count). The molecule has 3 N–H and O–H groups in total. The van der Waals surface area contributed by atoms with Gasteiger partial charge in [-0.05, 0) is 42.8 Å². The van der Waals surface area contributed by atoms with E-state index in [2.05, 4.69) is 10.6 Å². The first-order chi connectivity index (χ1) is 14.5. The van der Waals surface area contributed by atoms with Gasteiger partial charge in [-0.3, -0.25) is 9.59 Å². The maximum Gasteiger partial charge on any atom is 0.231 e. The number of benzene rings is 3. The lowest BCUT2D eigenvalue weighted by molar-refractivity contribution is -0.124. The molecule has 1 heterocycles. The zero-order valence-corrected chi connectivity index (χ0v) is 16.5. The van der Waals surface area contributed by atoms with Crippen molar-refractivity contribution in [2.24, 2.45) is 0 Å². The summed E-state index contributed by atoms with van der Waals surface area (Å²) >= 11 is 0. The summed E-state index contributed by atoms with van der Waals surface area (Å²) in [6.07, 6.45) is -0.189. The van der Waals surface area contributed by atoms with Crippen LogP contribution in [0.25, 0.3) is 21.8 Å². The highest BCUT2D eigenvalue weighted by molar-refractivity contribution is 6.09. The lowest BCUT2D eigenvalue weighted by Crippen LogP contribution is -2.15. The summed E-state index contributed by atoms with van der Waals surface area (Å²) in [5, 5.41) is 17.8. The smallest absolute Gasteiger partial charge is 0.231 e. The van der Waals surface area contributed by atoms with Gasteiger partial charge in [-0.25, -0.2) is 4.98 Å². The van der Waals surface area contributed by atoms with Gasteiger partial charge in [-0.2, -0.15) is 0 Å². The van der Waals surface area contributed by atoms with E-state index in [1.165, 1.54) is 6.92 Å². The number of carbonyl (C=O) groups is 2. The molecule has 0 aliphatic heterocycles. The summed E-state index contributed by atoms with van der Waals surface area (Å²) in [4.78, 5) is 28.0. The van der Waals surface area contributed by atoms with Crippen molar-refractivity contribution in [1.82, 2.24) is 4.98 Å². The van der Waals surface area contributed by atoms with Crippen LogP contribution < -0.4 is 10.6 Å². The number of nitrogens with zero attached hydrogens (tertiary/aromatic N) is 1. The number of hydrogen-bond donors (Lipinski definition) is 3. The minimum Gasteiger partial charge on any atom is -0.392 e. The van der Waals surface area contributed by atoms with Gasteiger partial charge in [0.05, 0.1) is 29.7 Å². The predicted molar refractivity (Wildman–Crippen MR) is 119 cm³/mol. The Morgan fingerprint density at radius 2 is 1.50 bits per heavy atom. The Morgan fingerprint density at radius 3 is 2.10 bits per heavy atom. The first-order valence-electron chi connectivity index (χ1n) is 9.62. The second kappa shape index (κ2) is 8.31. The summed E-state index contributed by atoms with van der Waals surface area (Å²) < 4.78 is 0. The molecule has 0 bridgehead atoms. The molecule has 0 spiro atoms. The van der Waals surface area contributed by atoms with E-state index in [0.717, 1.165) is 27.5 Å². The quantitative estimate of drug-likeness (QED) is 0.327. The van der Waals surface area contributed by atoms with Gasteiger partial charge in [0.25, 0.3) is 0 Å². The molecule has 6 heteroatoms. The van der Waals surface area contributed by atoms with Crippen LogP contribution >= 0.6 is 0 Å². The number of carbonyl (C=O) groups excluding carboxylic acids is 2. The van der Waals surface area contributed by atoms with E-state index in [4.69, 9.17) is 4.98 Å². The van der Waals surface area contributed by atoms with Crippen LogP contribution in [-0.2, 0) is 16.2 Å². The number of Topliss-reactive ketones (excluding diaryl/α,β-unsaturated/α-hetero) is 1. The van der Waals surface area contributed by atoms with Crippen molar-refractivity contribution < 1.29 is 14.7 Å². The third-order valence-electron chi connectivity index (χ3n) is 4.73. The number of anilines is 3. The summed E-state index contributed by atoms with van der Waals surface area (Å²) in [5.74, 6) is -0.595. The Kier molecular flexibility index (Phi) is 5.41. The molecule has 1 amide bonds. The molecule has 0 saturated carbocycles. The van der Waals surface area contributed by atoms with Crippen molar-refractivity contribution in [3.8, 4) is 0 Å².